The first-order valence-corrected chi connectivity index (χ1v) is 6.57. The Bertz CT molecular complexity index is 455. The van der Waals surface area contributed by atoms with Gasteiger partial charge in [0.05, 0.1) is 6.04 Å². The van der Waals surface area contributed by atoms with E-state index in [1.807, 2.05) is 18.2 Å². The molecular weight excluding hydrogens is 228 g/mol. The molecule has 1 amide bonds. The average molecular weight is 246 g/mol. The molecule has 2 aliphatic rings. The highest BCUT2D eigenvalue weighted by atomic mass is 16.4. The quantitative estimate of drug-likeness (QED) is 0.839. The Morgan fingerprint density at radius 3 is 2.72 bits per heavy atom. The molecule has 0 aromatic heterocycles. The van der Waals surface area contributed by atoms with Crippen molar-refractivity contribution < 1.29 is 9.90 Å². The standard InChI is InChI=1S/C14H18N2O2/c17-14(18)15-13-11-6-2-1-5-10(11)9-12(13)16-7-3-4-8-16/h1-2,5-6,12-13,15H,3-4,7-9H2,(H,17,18)/t12-,13-/m1/s1. The van der Waals surface area contributed by atoms with Crippen LogP contribution in [0.1, 0.15) is 30.0 Å². The zero-order valence-corrected chi connectivity index (χ0v) is 10.3. The van der Waals surface area contributed by atoms with E-state index in [4.69, 9.17) is 5.11 Å². The maximum Gasteiger partial charge on any atom is 0.405 e. The van der Waals surface area contributed by atoms with E-state index in [0.29, 0.717) is 6.04 Å². The third kappa shape index (κ3) is 1.97. The largest absolute Gasteiger partial charge is 0.465 e. The molecular formula is C14H18N2O2. The number of amides is 1. The number of hydrogen-bond donors (Lipinski definition) is 2. The monoisotopic (exact) mass is 246 g/mol. The minimum Gasteiger partial charge on any atom is -0.465 e. The molecule has 1 fully saturated rings. The minimum atomic E-state index is -0.930. The van der Waals surface area contributed by atoms with Crippen molar-refractivity contribution >= 4 is 6.09 Å². The predicted molar refractivity (Wildman–Crippen MR) is 68.6 cm³/mol. The molecule has 0 spiro atoms. The molecule has 4 nitrogen and oxygen atoms in total. The number of carboxylic acid groups (broad SMARTS) is 1. The van der Waals surface area contributed by atoms with Crippen molar-refractivity contribution in [2.75, 3.05) is 13.1 Å². The van der Waals surface area contributed by atoms with E-state index in [9.17, 15) is 4.79 Å². The van der Waals surface area contributed by atoms with Crippen molar-refractivity contribution in [2.24, 2.45) is 0 Å². The molecule has 3 rings (SSSR count). The predicted octanol–water partition coefficient (Wildman–Crippen LogP) is 2.02. The van der Waals surface area contributed by atoms with Gasteiger partial charge in [-0.05, 0) is 43.5 Å². The number of nitrogens with zero attached hydrogens (tertiary/aromatic N) is 1. The van der Waals surface area contributed by atoms with Crippen LogP contribution in [0.5, 0.6) is 0 Å². The average Bonchev–Trinajstić information content (AvgIpc) is 2.96. The van der Waals surface area contributed by atoms with Crippen molar-refractivity contribution in [1.29, 1.82) is 0 Å². The fourth-order valence-electron chi connectivity index (χ4n) is 3.29. The number of fused-ring (bicyclic) bond motifs is 1. The van der Waals surface area contributed by atoms with Crippen molar-refractivity contribution in [3.63, 3.8) is 0 Å². The smallest absolute Gasteiger partial charge is 0.405 e. The van der Waals surface area contributed by atoms with Crippen molar-refractivity contribution in [2.45, 2.75) is 31.3 Å². The Kier molecular flexibility index (Phi) is 2.96. The van der Waals surface area contributed by atoms with Gasteiger partial charge in [0.25, 0.3) is 0 Å². The lowest BCUT2D eigenvalue weighted by molar-refractivity contribution is 0.168. The van der Waals surface area contributed by atoms with E-state index in [-0.39, 0.29) is 6.04 Å². The number of hydrogen-bond acceptors (Lipinski definition) is 2. The van der Waals surface area contributed by atoms with E-state index >= 15 is 0 Å². The van der Waals surface area contributed by atoms with Crippen LogP contribution in [0.25, 0.3) is 0 Å². The maximum absolute atomic E-state index is 11.0. The third-order valence-electron chi connectivity index (χ3n) is 4.09. The summed E-state index contributed by atoms with van der Waals surface area (Å²) in [6.07, 6.45) is 2.49. The molecule has 2 atom stereocenters. The van der Waals surface area contributed by atoms with Gasteiger partial charge in [-0.25, -0.2) is 4.79 Å². The summed E-state index contributed by atoms with van der Waals surface area (Å²) in [4.78, 5) is 13.4. The number of benzene rings is 1. The molecule has 1 aliphatic carbocycles. The van der Waals surface area contributed by atoms with Crippen LogP contribution in [0.3, 0.4) is 0 Å². The highest BCUT2D eigenvalue weighted by molar-refractivity contribution is 5.66. The first kappa shape index (κ1) is 11.5. The second-order valence-electron chi connectivity index (χ2n) is 5.14. The van der Waals surface area contributed by atoms with Crippen LogP contribution in [0.2, 0.25) is 0 Å². The van der Waals surface area contributed by atoms with E-state index in [1.54, 1.807) is 0 Å². The zero-order valence-electron chi connectivity index (χ0n) is 10.3. The molecule has 96 valence electrons. The van der Waals surface area contributed by atoms with Gasteiger partial charge >= 0.3 is 6.09 Å². The van der Waals surface area contributed by atoms with Gasteiger partial charge in [-0.3, -0.25) is 4.90 Å². The van der Waals surface area contributed by atoms with Crippen LogP contribution in [0.15, 0.2) is 24.3 Å². The number of rotatable bonds is 2. The fraction of sp³-hybridized carbons (Fsp3) is 0.500. The van der Waals surface area contributed by atoms with Gasteiger partial charge in [-0.1, -0.05) is 24.3 Å². The molecule has 1 heterocycles. The van der Waals surface area contributed by atoms with Gasteiger partial charge in [0.15, 0.2) is 0 Å². The zero-order chi connectivity index (χ0) is 12.5. The molecule has 1 aromatic rings. The Hall–Kier alpha value is -1.55. The van der Waals surface area contributed by atoms with Gasteiger partial charge in [0.2, 0.25) is 0 Å². The fourth-order valence-corrected chi connectivity index (χ4v) is 3.29. The Morgan fingerprint density at radius 1 is 1.28 bits per heavy atom. The maximum atomic E-state index is 11.0. The summed E-state index contributed by atoms with van der Waals surface area (Å²) in [5.74, 6) is 0. The molecule has 1 aliphatic heterocycles. The number of carbonyl (C=O) groups is 1. The van der Waals surface area contributed by atoms with E-state index < -0.39 is 6.09 Å². The Balaban J connectivity index is 1.88. The van der Waals surface area contributed by atoms with Crippen LogP contribution in [-0.4, -0.2) is 35.2 Å². The van der Waals surface area contributed by atoms with Gasteiger partial charge in [-0.15, -0.1) is 0 Å². The van der Waals surface area contributed by atoms with E-state index in [0.717, 1.165) is 25.1 Å². The first-order chi connectivity index (χ1) is 8.75. The second-order valence-corrected chi connectivity index (χ2v) is 5.14. The lowest BCUT2D eigenvalue weighted by Gasteiger charge is -2.29. The third-order valence-corrected chi connectivity index (χ3v) is 4.09. The summed E-state index contributed by atoms with van der Waals surface area (Å²) in [7, 11) is 0. The van der Waals surface area contributed by atoms with Crippen molar-refractivity contribution in [3.8, 4) is 0 Å². The summed E-state index contributed by atoms with van der Waals surface area (Å²) in [5.41, 5.74) is 2.44. The highest BCUT2D eigenvalue weighted by Crippen LogP contribution is 2.35. The number of likely N-dealkylation sites (tertiary alicyclic amines) is 1. The lowest BCUT2D eigenvalue weighted by atomic mass is 10.1. The van der Waals surface area contributed by atoms with Crippen molar-refractivity contribution in [3.05, 3.63) is 35.4 Å². The van der Waals surface area contributed by atoms with Crippen LogP contribution in [-0.2, 0) is 6.42 Å². The summed E-state index contributed by atoms with van der Waals surface area (Å²) >= 11 is 0. The molecule has 0 unspecified atom stereocenters. The lowest BCUT2D eigenvalue weighted by Crippen LogP contribution is -2.43. The minimum absolute atomic E-state index is 0.0724. The van der Waals surface area contributed by atoms with Gasteiger partial charge in [0, 0.05) is 6.04 Å². The summed E-state index contributed by atoms with van der Waals surface area (Å²) in [5, 5.41) is 11.7. The molecule has 0 bridgehead atoms. The molecule has 18 heavy (non-hydrogen) atoms. The SMILES string of the molecule is O=C(O)N[C@@H]1c2ccccc2C[C@H]1N1CCCC1. The molecule has 0 saturated carbocycles. The summed E-state index contributed by atoms with van der Waals surface area (Å²) in [6, 6.07) is 8.40. The number of nitrogens with one attached hydrogen (secondary N) is 1. The molecule has 2 N–H and O–H groups in total. The van der Waals surface area contributed by atoms with Gasteiger partial charge in [0.1, 0.15) is 0 Å². The second kappa shape index (κ2) is 4.61. The van der Waals surface area contributed by atoms with Crippen LogP contribution in [0, 0.1) is 0 Å². The highest BCUT2D eigenvalue weighted by Gasteiger charge is 2.37. The molecule has 1 saturated heterocycles. The molecule has 4 heteroatoms. The molecule has 1 aromatic carbocycles. The van der Waals surface area contributed by atoms with E-state index in [1.165, 1.54) is 18.4 Å². The van der Waals surface area contributed by atoms with Crippen LogP contribution in [0.4, 0.5) is 4.79 Å². The van der Waals surface area contributed by atoms with Gasteiger partial charge < -0.3 is 10.4 Å². The van der Waals surface area contributed by atoms with Crippen molar-refractivity contribution in [1.82, 2.24) is 10.2 Å². The van der Waals surface area contributed by atoms with Crippen LogP contribution >= 0.6 is 0 Å². The Morgan fingerprint density at radius 2 is 2.00 bits per heavy atom. The summed E-state index contributed by atoms with van der Waals surface area (Å²) in [6.45, 7) is 2.19. The van der Waals surface area contributed by atoms with Gasteiger partial charge in [-0.2, -0.15) is 0 Å². The topological polar surface area (TPSA) is 52.6 Å². The Labute approximate surface area is 107 Å². The summed E-state index contributed by atoms with van der Waals surface area (Å²) < 4.78 is 0. The van der Waals surface area contributed by atoms with Crippen LogP contribution < -0.4 is 5.32 Å². The molecule has 0 radical (unpaired) electrons. The first-order valence-electron chi connectivity index (χ1n) is 6.57. The van der Waals surface area contributed by atoms with E-state index in [2.05, 4.69) is 16.3 Å². The normalized spacial score (nSPS) is 27.1.